The summed E-state index contributed by atoms with van der Waals surface area (Å²) in [5, 5.41) is 11.8. The number of carbonyl (C=O) groups is 1. The van der Waals surface area contributed by atoms with E-state index >= 15 is 0 Å². The first-order valence-electron chi connectivity index (χ1n) is 7.33. The molecule has 0 aliphatic heterocycles. The van der Waals surface area contributed by atoms with Crippen LogP contribution in [-0.2, 0) is 13.0 Å². The number of fused-ring (bicyclic) bond motifs is 1. The summed E-state index contributed by atoms with van der Waals surface area (Å²) in [5.74, 6) is 0.497. The number of ether oxygens (including phenoxy) is 1. The van der Waals surface area contributed by atoms with Crippen LogP contribution in [0.5, 0.6) is 5.75 Å². The lowest BCUT2D eigenvalue weighted by atomic mass is 10.1. The summed E-state index contributed by atoms with van der Waals surface area (Å²) in [7, 11) is 0. The van der Waals surface area contributed by atoms with Crippen LogP contribution < -0.4 is 4.74 Å². The number of benzene rings is 2. The minimum atomic E-state index is -0.211. The van der Waals surface area contributed by atoms with Crippen molar-refractivity contribution in [3.05, 3.63) is 65.2 Å². The number of hydrogen-bond acceptors (Lipinski definition) is 4. The molecular weight excluding hydrogens is 278 g/mol. The molecule has 2 aromatic rings. The maximum absolute atomic E-state index is 11.8. The lowest BCUT2D eigenvalue weighted by molar-refractivity contribution is 0.106. The molecule has 0 spiro atoms. The lowest BCUT2D eigenvalue weighted by Crippen LogP contribution is -2.06. The van der Waals surface area contributed by atoms with Crippen molar-refractivity contribution in [2.24, 2.45) is 5.16 Å². The molecule has 0 atom stereocenters. The zero-order valence-electron chi connectivity index (χ0n) is 12.7. The summed E-state index contributed by atoms with van der Waals surface area (Å²) in [6.07, 6.45) is 0.354. The molecule has 3 rings (SSSR count). The average Bonchev–Trinajstić information content (AvgIpc) is 2.91. The Bertz CT molecular complexity index is 678. The van der Waals surface area contributed by atoms with Crippen LogP contribution in [0.3, 0.4) is 0 Å². The molecule has 0 fully saturated rings. The molecule has 0 unspecified atom stereocenters. The molecule has 1 N–H and O–H groups in total. The van der Waals surface area contributed by atoms with E-state index in [0.29, 0.717) is 24.3 Å². The predicted octanol–water partition coefficient (Wildman–Crippen LogP) is 3.86. The fourth-order valence-electron chi connectivity index (χ4n) is 2.27. The number of ketones is 1. The smallest absolute Gasteiger partial charge is 0.211 e. The molecular formula is C18H19NO3. The van der Waals surface area contributed by atoms with Crippen molar-refractivity contribution in [1.82, 2.24) is 0 Å². The number of Topliss-reactive ketones (excluding diaryl/α,β-unsaturated/α-hetero) is 1. The molecule has 4 heteroatoms. The second-order valence-electron chi connectivity index (χ2n) is 4.65. The normalized spacial score (nSPS) is 14.3. The monoisotopic (exact) mass is 297 g/mol. The third-order valence-corrected chi connectivity index (χ3v) is 3.31. The van der Waals surface area contributed by atoms with E-state index in [-0.39, 0.29) is 11.5 Å². The molecule has 1 aliphatic carbocycles. The van der Waals surface area contributed by atoms with Gasteiger partial charge in [-0.3, -0.25) is 4.79 Å². The zero-order chi connectivity index (χ0) is 15.9. The summed E-state index contributed by atoms with van der Waals surface area (Å²) in [6, 6.07) is 15.2. The number of carbonyl (C=O) groups excluding carboxylic acids is 1. The highest BCUT2D eigenvalue weighted by Gasteiger charge is 2.27. The first-order chi connectivity index (χ1) is 10.8. The molecule has 0 amide bonds. The van der Waals surface area contributed by atoms with Crippen LogP contribution in [0.4, 0.5) is 0 Å². The lowest BCUT2D eigenvalue weighted by Gasteiger charge is -2.07. The van der Waals surface area contributed by atoms with Crippen LogP contribution in [0.15, 0.2) is 53.7 Å². The molecule has 0 radical (unpaired) electrons. The Morgan fingerprint density at radius 1 is 1.14 bits per heavy atom. The van der Waals surface area contributed by atoms with Gasteiger partial charge in [-0.05, 0) is 29.3 Å². The summed E-state index contributed by atoms with van der Waals surface area (Å²) in [4.78, 5) is 11.8. The molecule has 4 nitrogen and oxygen atoms in total. The highest BCUT2D eigenvalue weighted by molar-refractivity contribution is 6.49. The third kappa shape index (κ3) is 3.34. The van der Waals surface area contributed by atoms with Gasteiger partial charge < -0.3 is 9.94 Å². The maximum atomic E-state index is 11.8. The third-order valence-electron chi connectivity index (χ3n) is 3.31. The van der Waals surface area contributed by atoms with Crippen molar-refractivity contribution in [3.8, 4) is 5.75 Å². The van der Waals surface area contributed by atoms with Gasteiger partial charge in [0.15, 0.2) is 0 Å². The molecule has 22 heavy (non-hydrogen) atoms. The summed E-state index contributed by atoms with van der Waals surface area (Å²) in [5.41, 5.74) is 2.69. The largest absolute Gasteiger partial charge is 0.489 e. The van der Waals surface area contributed by atoms with E-state index in [9.17, 15) is 4.79 Å². The second kappa shape index (κ2) is 7.41. The van der Waals surface area contributed by atoms with Gasteiger partial charge in [0, 0.05) is 12.0 Å². The minimum absolute atomic E-state index is 0.181. The maximum Gasteiger partial charge on any atom is 0.211 e. The molecule has 0 saturated carbocycles. The van der Waals surface area contributed by atoms with Gasteiger partial charge in [-0.15, -0.1) is 0 Å². The van der Waals surface area contributed by atoms with Gasteiger partial charge in [0.25, 0.3) is 0 Å². The molecule has 0 saturated heterocycles. The van der Waals surface area contributed by atoms with Gasteiger partial charge in [0.1, 0.15) is 18.1 Å². The second-order valence-corrected chi connectivity index (χ2v) is 4.65. The van der Waals surface area contributed by atoms with Crippen molar-refractivity contribution in [2.45, 2.75) is 26.9 Å². The summed E-state index contributed by atoms with van der Waals surface area (Å²) >= 11 is 0. The van der Waals surface area contributed by atoms with E-state index in [0.717, 1.165) is 11.1 Å². The van der Waals surface area contributed by atoms with Crippen LogP contribution in [0, 0.1) is 0 Å². The van der Waals surface area contributed by atoms with Crippen LogP contribution >= 0.6 is 0 Å². The van der Waals surface area contributed by atoms with E-state index in [1.807, 2.05) is 50.2 Å². The first-order valence-corrected chi connectivity index (χ1v) is 7.33. The van der Waals surface area contributed by atoms with Crippen molar-refractivity contribution >= 4 is 11.5 Å². The van der Waals surface area contributed by atoms with Gasteiger partial charge in [0.05, 0.1) is 0 Å². The Hall–Kier alpha value is -2.62. The van der Waals surface area contributed by atoms with E-state index in [4.69, 9.17) is 9.94 Å². The number of nitrogens with zero attached hydrogens (tertiary/aromatic N) is 1. The van der Waals surface area contributed by atoms with Crippen molar-refractivity contribution in [1.29, 1.82) is 0 Å². The van der Waals surface area contributed by atoms with Gasteiger partial charge in [-0.25, -0.2) is 0 Å². The van der Waals surface area contributed by atoms with Gasteiger partial charge >= 0.3 is 0 Å². The van der Waals surface area contributed by atoms with Crippen molar-refractivity contribution in [2.75, 3.05) is 0 Å². The fourth-order valence-corrected chi connectivity index (χ4v) is 2.27. The van der Waals surface area contributed by atoms with Crippen molar-refractivity contribution < 1.29 is 14.7 Å². The molecule has 1 aliphatic rings. The Balaban J connectivity index is 0.000000847. The van der Waals surface area contributed by atoms with Gasteiger partial charge in [0.2, 0.25) is 5.78 Å². The molecule has 114 valence electrons. The average molecular weight is 297 g/mol. The fraction of sp³-hybridized carbons (Fsp3) is 0.222. The summed E-state index contributed by atoms with van der Waals surface area (Å²) in [6.45, 7) is 4.48. The van der Waals surface area contributed by atoms with Crippen LogP contribution in [0.2, 0.25) is 0 Å². The highest BCUT2D eigenvalue weighted by Crippen LogP contribution is 2.25. The highest BCUT2D eigenvalue weighted by atomic mass is 16.5. The molecule has 0 aromatic heterocycles. The van der Waals surface area contributed by atoms with Crippen LogP contribution in [0.25, 0.3) is 0 Å². The Labute approximate surface area is 130 Å². The van der Waals surface area contributed by atoms with Crippen LogP contribution in [0.1, 0.15) is 35.3 Å². The molecule has 0 heterocycles. The SMILES string of the molecule is CC.O=C1/C(=N\O)Cc2cc(OCc3ccccc3)ccc21. The quantitative estimate of drug-likeness (QED) is 0.691. The molecule has 2 aromatic carbocycles. The Morgan fingerprint density at radius 2 is 1.86 bits per heavy atom. The number of rotatable bonds is 3. The first kappa shape index (κ1) is 15.8. The zero-order valence-corrected chi connectivity index (χ0v) is 12.7. The molecule has 0 bridgehead atoms. The predicted molar refractivity (Wildman–Crippen MR) is 85.8 cm³/mol. The van der Waals surface area contributed by atoms with Crippen molar-refractivity contribution in [3.63, 3.8) is 0 Å². The number of hydrogen-bond donors (Lipinski definition) is 1. The van der Waals surface area contributed by atoms with Crippen LogP contribution in [-0.4, -0.2) is 16.7 Å². The summed E-state index contributed by atoms with van der Waals surface area (Å²) < 4.78 is 5.71. The van der Waals surface area contributed by atoms with E-state index in [1.165, 1.54) is 0 Å². The minimum Gasteiger partial charge on any atom is -0.489 e. The van der Waals surface area contributed by atoms with E-state index < -0.39 is 0 Å². The topological polar surface area (TPSA) is 58.9 Å². The van der Waals surface area contributed by atoms with E-state index in [2.05, 4.69) is 5.16 Å². The van der Waals surface area contributed by atoms with E-state index in [1.54, 1.807) is 12.1 Å². The standard InChI is InChI=1S/C16H13NO3.C2H6/c18-16-14-7-6-13(8-12(14)9-15(16)17-19)20-10-11-4-2-1-3-5-11;1-2/h1-8,19H,9-10H2;1-2H3/b17-15-;. The Kier molecular flexibility index (Phi) is 5.31. The van der Waals surface area contributed by atoms with Gasteiger partial charge in [-0.1, -0.05) is 49.3 Å². The van der Waals surface area contributed by atoms with Gasteiger partial charge in [-0.2, -0.15) is 0 Å². The number of oxime groups is 1. The Morgan fingerprint density at radius 3 is 2.55 bits per heavy atom.